The van der Waals surface area contributed by atoms with Gasteiger partial charge < -0.3 is 4.74 Å². The molecule has 0 saturated heterocycles. The number of methoxy groups -OCH3 is 1. The number of esters is 1. The lowest BCUT2D eigenvalue weighted by molar-refractivity contribution is 0.0600. The van der Waals surface area contributed by atoms with Gasteiger partial charge in [0.2, 0.25) is 5.01 Å². The Labute approximate surface area is 111 Å². The molecule has 2 heterocycles. The van der Waals surface area contributed by atoms with Crippen molar-refractivity contribution in [1.29, 1.82) is 0 Å². The van der Waals surface area contributed by atoms with Gasteiger partial charge in [-0.2, -0.15) is 0 Å². The fourth-order valence-corrected chi connectivity index (χ4v) is 2.05. The van der Waals surface area contributed by atoms with Gasteiger partial charge in [0, 0.05) is 12.4 Å². The first kappa shape index (κ1) is 14.3. The molecule has 0 fully saturated rings. The third-order valence-electron chi connectivity index (χ3n) is 2.03. The predicted molar refractivity (Wildman–Crippen MR) is 72.8 cm³/mol. The van der Waals surface area contributed by atoms with Gasteiger partial charge in [-0.1, -0.05) is 13.8 Å². The molecule has 2 aromatic rings. The summed E-state index contributed by atoms with van der Waals surface area (Å²) in [5.41, 5.74) is 1.95. The second kappa shape index (κ2) is 6.86. The first-order chi connectivity index (χ1) is 8.70. The Morgan fingerprint density at radius 2 is 2.06 bits per heavy atom. The minimum absolute atomic E-state index is 0.348. The molecular formula is C13H16N2O2S. The van der Waals surface area contributed by atoms with Crippen LogP contribution in [0.1, 0.15) is 29.2 Å². The number of hydrogen-bond acceptors (Lipinski definition) is 5. The summed E-state index contributed by atoms with van der Waals surface area (Å²) in [7, 11) is 1.34. The van der Waals surface area contributed by atoms with Gasteiger partial charge in [0.25, 0.3) is 0 Å². The highest BCUT2D eigenvalue weighted by Gasteiger charge is 2.12. The molecule has 0 unspecified atom stereocenters. The molecule has 4 nitrogen and oxygen atoms in total. The quantitative estimate of drug-likeness (QED) is 0.781. The van der Waals surface area contributed by atoms with Crippen LogP contribution in [0.25, 0.3) is 10.6 Å². The Bertz CT molecular complexity index is 523. The van der Waals surface area contributed by atoms with E-state index in [-0.39, 0.29) is 0 Å². The van der Waals surface area contributed by atoms with E-state index in [2.05, 4.69) is 14.7 Å². The van der Waals surface area contributed by atoms with E-state index in [9.17, 15) is 4.79 Å². The van der Waals surface area contributed by atoms with E-state index in [1.807, 2.05) is 32.9 Å². The van der Waals surface area contributed by atoms with Crippen LogP contribution in [0.15, 0.2) is 24.5 Å². The average molecular weight is 264 g/mol. The molecular weight excluding hydrogens is 248 g/mol. The molecule has 0 aromatic carbocycles. The second-order valence-electron chi connectivity index (χ2n) is 3.24. The summed E-state index contributed by atoms with van der Waals surface area (Å²) in [6.07, 6.45) is 3.38. The summed E-state index contributed by atoms with van der Waals surface area (Å²) in [6.45, 7) is 5.99. The summed E-state index contributed by atoms with van der Waals surface area (Å²) in [4.78, 5) is 20.3. The van der Waals surface area contributed by atoms with Gasteiger partial charge in [0.05, 0.1) is 17.7 Å². The number of carbonyl (C=O) groups is 1. The molecule has 0 radical (unpaired) electrons. The van der Waals surface area contributed by atoms with Gasteiger partial charge in [0.1, 0.15) is 0 Å². The van der Waals surface area contributed by atoms with E-state index in [0.29, 0.717) is 5.01 Å². The molecule has 0 bridgehead atoms. The van der Waals surface area contributed by atoms with Crippen LogP contribution in [0.4, 0.5) is 0 Å². The second-order valence-corrected chi connectivity index (χ2v) is 4.27. The lowest BCUT2D eigenvalue weighted by Gasteiger charge is -1.96. The molecule has 0 aliphatic heterocycles. The van der Waals surface area contributed by atoms with E-state index in [1.165, 1.54) is 18.4 Å². The SMILES string of the molecule is CC.COC(=O)c1ncc(-c2cc(C)ccn2)s1. The molecule has 2 aromatic heterocycles. The van der Waals surface area contributed by atoms with Crippen LogP contribution < -0.4 is 0 Å². The number of aryl methyl sites for hydroxylation is 1. The Morgan fingerprint density at radius 1 is 1.33 bits per heavy atom. The van der Waals surface area contributed by atoms with Gasteiger partial charge in [-0.05, 0) is 24.6 Å². The Balaban J connectivity index is 0.000000771. The van der Waals surface area contributed by atoms with Gasteiger partial charge >= 0.3 is 5.97 Å². The number of rotatable bonds is 2. The van der Waals surface area contributed by atoms with Crippen molar-refractivity contribution in [3.05, 3.63) is 35.1 Å². The smallest absolute Gasteiger partial charge is 0.367 e. The van der Waals surface area contributed by atoms with Crippen LogP contribution in [0.2, 0.25) is 0 Å². The maximum atomic E-state index is 11.2. The fourth-order valence-electron chi connectivity index (χ4n) is 1.25. The molecule has 96 valence electrons. The van der Waals surface area contributed by atoms with Crippen LogP contribution in [0, 0.1) is 6.92 Å². The molecule has 0 atom stereocenters. The van der Waals surface area contributed by atoms with E-state index in [4.69, 9.17) is 0 Å². The minimum atomic E-state index is -0.413. The Morgan fingerprint density at radius 3 is 2.67 bits per heavy atom. The molecule has 5 heteroatoms. The predicted octanol–water partition coefficient (Wildman–Crippen LogP) is 3.33. The summed E-state index contributed by atoms with van der Waals surface area (Å²) >= 11 is 1.28. The van der Waals surface area contributed by atoms with E-state index < -0.39 is 5.97 Å². The molecule has 0 amide bonds. The van der Waals surface area contributed by atoms with Gasteiger partial charge in [-0.25, -0.2) is 9.78 Å². The van der Waals surface area contributed by atoms with Crippen molar-refractivity contribution < 1.29 is 9.53 Å². The highest BCUT2D eigenvalue weighted by atomic mass is 32.1. The van der Waals surface area contributed by atoms with Gasteiger partial charge in [0.15, 0.2) is 0 Å². The number of carbonyl (C=O) groups excluding carboxylic acids is 1. The first-order valence-corrected chi connectivity index (χ1v) is 6.49. The minimum Gasteiger partial charge on any atom is -0.464 e. The maximum Gasteiger partial charge on any atom is 0.367 e. The zero-order valence-electron chi connectivity index (χ0n) is 10.9. The van der Waals surface area contributed by atoms with Crippen molar-refractivity contribution in [2.75, 3.05) is 7.11 Å². The molecule has 18 heavy (non-hydrogen) atoms. The van der Waals surface area contributed by atoms with Crippen LogP contribution >= 0.6 is 11.3 Å². The Kier molecular flexibility index (Phi) is 5.45. The average Bonchev–Trinajstić information content (AvgIpc) is 2.90. The van der Waals surface area contributed by atoms with Crippen LogP contribution in [0.3, 0.4) is 0 Å². The van der Waals surface area contributed by atoms with Crippen molar-refractivity contribution >= 4 is 17.3 Å². The van der Waals surface area contributed by atoms with Crippen LogP contribution in [-0.2, 0) is 4.74 Å². The van der Waals surface area contributed by atoms with E-state index in [1.54, 1.807) is 12.4 Å². The summed E-state index contributed by atoms with van der Waals surface area (Å²) in [6, 6.07) is 3.88. The van der Waals surface area contributed by atoms with Crippen molar-refractivity contribution in [1.82, 2.24) is 9.97 Å². The highest BCUT2D eigenvalue weighted by Crippen LogP contribution is 2.25. The topological polar surface area (TPSA) is 52.1 Å². The van der Waals surface area contributed by atoms with Crippen molar-refractivity contribution in [3.8, 4) is 10.6 Å². The van der Waals surface area contributed by atoms with E-state index in [0.717, 1.165) is 16.1 Å². The molecule has 2 rings (SSSR count). The van der Waals surface area contributed by atoms with Crippen molar-refractivity contribution in [3.63, 3.8) is 0 Å². The zero-order chi connectivity index (χ0) is 13.5. The first-order valence-electron chi connectivity index (χ1n) is 5.68. The molecule has 0 N–H and O–H groups in total. The lowest BCUT2D eigenvalue weighted by Crippen LogP contribution is -1.98. The monoisotopic (exact) mass is 264 g/mol. The maximum absolute atomic E-state index is 11.2. The zero-order valence-corrected chi connectivity index (χ0v) is 11.7. The molecule has 0 aliphatic rings. The third kappa shape index (κ3) is 3.37. The normalized spacial score (nSPS) is 9.33. The summed E-state index contributed by atoms with van der Waals surface area (Å²) in [5, 5.41) is 0.348. The van der Waals surface area contributed by atoms with Crippen LogP contribution in [-0.4, -0.2) is 23.0 Å². The summed E-state index contributed by atoms with van der Waals surface area (Å²) < 4.78 is 4.60. The van der Waals surface area contributed by atoms with Crippen LogP contribution in [0.5, 0.6) is 0 Å². The van der Waals surface area contributed by atoms with Gasteiger partial charge in [-0.15, -0.1) is 11.3 Å². The van der Waals surface area contributed by atoms with Crippen molar-refractivity contribution in [2.45, 2.75) is 20.8 Å². The number of hydrogen-bond donors (Lipinski definition) is 0. The largest absolute Gasteiger partial charge is 0.464 e. The lowest BCUT2D eigenvalue weighted by atomic mass is 10.2. The molecule has 0 aliphatic carbocycles. The van der Waals surface area contributed by atoms with E-state index >= 15 is 0 Å². The highest BCUT2D eigenvalue weighted by molar-refractivity contribution is 7.16. The number of pyridine rings is 1. The standard InChI is InChI=1S/C11H10N2O2S.C2H6/c1-7-3-4-12-8(5-7)9-6-13-10(16-9)11(14)15-2;1-2/h3-6H,1-2H3;1-2H3. The number of thiazole rings is 1. The fraction of sp³-hybridized carbons (Fsp3) is 0.308. The third-order valence-corrected chi connectivity index (χ3v) is 3.03. The number of aromatic nitrogens is 2. The number of nitrogens with zero attached hydrogens (tertiary/aromatic N) is 2. The molecule has 0 saturated carbocycles. The number of ether oxygens (including phenoxy) is 1. The summed E-state index contributed by atoms with van der Waals surface area (Å²) in [5.74, 6) is -0.413. The molecule has 0 spiro atoms. The van der Waals surface area contributed by atoms with Gasteiger partial charge in [-0.3, -0.25) is 4.98 Å². The Hall–Kier alpha value is -1.75. The van der Waals surface area contributed by atoms with Crippen molar-refractivity contribution in [2.24, 2.45) is 0 Å².